The molecule has 0 saturated heterocycles. The highest BCUT2D eigenvalue weighted by Gasteiger charge is 2.32. The number of anilines is 1. The molecule has 0 radical (unpaired) electrons. The molecule has 0 spiro atoms. The maximum Gasteiger partial charge on any atom is 0.277 e. The molecule has 1 N–H and O–H groups in total. The fourth-order valence-corrected chi connectivity index (χ4v) is 5.80. The van der Waals surface area contributed by atoms with Crippen LogP contribution in [0, 0.1) is 22.7 Å². The highest BCUT2D eigenvalue weighted by molar-refractivity contribution is 7.99. The number of rotatable bonds is 6. The minimum Gasteiger partial charge on any atom is -0.497 e. The summed E-state index contributed by atoms with van der Waals surface area (Å²) in [4.78, 5) is 13.8. The summed E-state index contributed by atoms with van der Waals surface area (Å²) in [6.45, 7) is 6.79. The lowest BCUT2D eigenvalue weighted by Crippen LogP contribution is -2.26. The number of hydrogen-bond acceptors (Lipinski definition) is 8. The van der Waals surface area contributed by atoms with Crippen molar-refractivity contribution < 1.29 is 13.9 Å². The molecule has 172 valence electrons. The van der Waals surface area contributed by atoms with Gasteiger partial charge in [0.15, 0.2) is 0 Å². The van der Waals surface area contributed by atoms with Crippen LogP contribution in [0.5, 0.6) is 5.75 Å². The van der Waals surface area contributed by atoms with Gasteiger partial charge in [-0.1, -0.05) is 32.5 Å². The predicted molar refractivity (Wildman–Crippen MR) is 130 cm³/mol. The normalized spacial score (nSPS) is 15.5. The first-order valence-electron chi connectivity index (χ1n) is 10.7. The number of carbonyl (C=O) groups excluding carboxylic acids is 1. The molecule has 2 aromatic heterocycles. The smallest absolute Gasteiger partial charge is 0.277 e. The van der Waals surface area contributed by atoms with Crippen molar-refractivity contribution in [3.8, 4) is 23.3 Å². The lowest BCUT2D eigenvalue weighted by molar-refractivity contribution is -0.113. The number of amides is 1. The maximum absolute atomic E-state index is 12.6. The first-order valence-corrected chi connectivity index (χ1v) is 12.5. The van der Waals surface area contributed by atoms with Crippen LogP contribution < -0.4 is 10.1 Å². The zero-order chi connectivity index (χ0) is 23.6. The summed E-state index contributed by atoms with van der Waals surface area (Å²) >= 11 is 2.70. The molecule has 0 unspecified atom stereocenters. The molecule has 0 bridgehead atoms. The van der Waals surface area contributed by atoms with Gasteiger partial charge in [-0.05, 0) is 60.4 Å². The number of hydrogen-bond donors (Lipinski definition) is 1. The van der Waals surface area contributed by atoms with Crippen molar-refractivity contribution in [3.05, 3.63) is 40.3 Å². The van der Waals surface area contributed by atoms with Crippen LogP contribution in [0.15, 0.2) is 33.9 Å². The fraction of sp³-hybridized carbons (Fsp3) is 0.417. The number of methoxy groups -OCH3 is 1. The Bertz CT molecular complexity index is 1190. The molecule has 9 heteroatoms. The van der Waals surface area contributed by atoms with E-state index in [2.05, 4.69) is 42.4 Å². The summed E-state index contributed by atoms with van der Waals surface area (Å²) in [7, 11) is 1.61. The number of nitrogens with zero attached hydrogens (tertiary/aromatic N) is 3. The standard InChI is InChI=1S/C24H26N4O3S2/c1-24(2,3)15-7-10-17-18(12-25)22(33-19(17)11-15)26-20(29)13-32-23-28-27-21(31-23)14-5-8-16(30-4)9-6-14/h5-6,8-9,15H,7,10-11,13H2,1-4H3,(H,26,29)/t15-/m0/s1. The number of thiophene rings is 1. The van der Waals surface area contributed by atoms with Gasteiger partial charge in [-0.2, -0.15) is 5.26 Å². The van der Waals surface area contributed by atoms with Gasteiger partial charge in [-0.3, -0.25) is 4.79 Å². The summed E-state index contributed by atoms with van der Waals surface area (Å²) in [5.74, 6) is 1.61. The molecule has 0 saturated carbocycles. The number of ether oxygens (including phenoxy) is 1. The van der Waals surface area contributed by atoms with Crippen molar-refractivity contribution in [1.29, 1.82) is 5.26 Å². The Morgan fingerprint density at radius 2 is 2.09 bits per heavy atom. The van der Waals surface area contributed by atoms with Crippen molar-refractivity contribution in [2.75, 3.05) is 18.2 Å². The summed E-state index contributed by atoms with van der Waals surface area (Å²) in [5, 5.41) is 21.7. The number of carbonyl (C=O) groups is 1. The van der Waals surface area contributed by atoms with Gasteiger partial charge in [0.25, 0.3) is 5.22 Å². The molecule has 33 heavy (non-hydrogen) atoms. The first-order chi connectivity index (χ1) is 15.8. The molecule has 7 nitrogen and oxygen atoms in total. The van der Waals surface area contributed by atoms with Gasteiger partial charge in [0.2, 0.25) is 11.8 Å². The number of fused-ring (bicyclic) bond motifs is 1. The van der Waals surface area contributed by atoms with E-state index in [0.717, 1.165) is 36.1 Å². The number of nitrogens with one attached hydrogen (secondary N) is 1. The van der Waals surface area contributed by atoms with Gasteiger partial charge in [0.1, 0.15) is 16.8 Å². The summed E-state index contributed by atoms with van der Waals surface area (Å²) in [5.41, 5.74) is 2.71. The van der Waals surface area contributed by atoms with Crippen molar-refractivity contribution in [2.45, 2.75) is 45.3 Å². The Morgan fingerprint density at radius 1 is 1.33 bits per heavy atom. The monoisotopic (exact) mass is 482 g/mol. The van der Waals surface area contributed by atoms with E-state index in [1.807, 2.05) is 24.3 Å². The molecule has 1 amide bonds. The van der Waals surface area contributed by atoms with Crippen molar-refractivity contribution in [1.82, 2.24) is 10.2 Å². The van der Waals surface area contributed by atoms with Gasteiger partial charge in [-0.15, -0.1) is 21.5 Å². The third kappa shape index (κ3) is 5.23. The van der Waals surface area contributed by atoms with Gasteiger partial charge in [-0.25, -0.2) is 0 Å². The lowest BCUT2D eigenvalue weighted by atomic mass is 9.72. The minimum atomic E-state index is -0.202. The molecular formula is C24H26N4O3S2. The van der Waals surface area contributed by atoms with E-state index in [-0.39, 0.29) is 17.1 Å². The lowest BCUT2D eigenvalue weighted by Gasteiger charge is -2.33. The summed E-state index contributed by atoms with van der Waals surface area (Å²) < 4.78 is 10.8. The van der Waals surface area contributed by atoms with Crippen LogP contribution in [0.25, 0.3) is 11.5 Å². The van der Waals surface area contributed by atoms with Crippen LogP contribution in [-0.4, -0.2) is 29.0 Å². The molecule has 4 rings (SSSR count). The number of benzene rings is 1. The second kappa shape index (κ2) is 9.57. The molecule has 1 aromatic carbocycles. The SMILES string of the molecule is COc1ccc(-c2nnc(SCC(=O)Nc3sc4c(c3C#N)CC[C@H](C(C)(C)C)C4)o2)cc1. The second-order valence-corrected chi connectivity index (χ2v) is 11.1. The van der Waals surface area contributed by atoms with Crippen LogP contribution >= 0.6 is 23.1 Å². The maximum atomic E-state index is 12.6. The fourth-order valence-electron chi connectivity index (χ4n) is 3.94. The average Bonchev–Trinajstić information content (AvgIpc) is 3.40. The Kier molecular flexibility index (Phi) is 6.77. The van der Waals surface area contributed by atoms with E-state index in [1.54, 1.807) is 7.11 Å². The molecule has 3 aromatic rings. The molecule has 1 atom stereocenters. The molecule has 0 aliphatic heterocycles. The van der Waals surface area contributed by atoms with Crippen LogP contribution in [-0.2, 0) is 17.6 Å². The molecule has 0 fully saturated rings. The topological polar surface area (TPSA) is 101 Å². The Hall–Kier alpha value is -2.83. The molecule has 1 aliphatic carbocycles. The Morgan fingerprint density at radius 3 is 2.76 bits per heavy atom. The van der Waals surface area contributed by atoms with Gasteiger partial charge in [0, 0.05) is 10.4 Å². The van der Waals surface area contributed by atoms with Crippen molar-refractivity contribution in [2.24, 2.45) is 11.3 Å². The van der Waals surface area contributed by atoms with E-state index in [1.165, 1.54) is 28.0 Å². The molecular weight excluding hydrogens is 456 g/mol. The predicted octanol–water partition coefficient (Wildman–Crippen LogP) is 5.56. The number of aromatic nitrogens is 2. The average molecular weight is 483 g/mol. The first kappa shape index (κ1) is 23.3. The van der Waals surface area contributed by atoms with Crippen LogP contribution in [0.3, 0.4) is 0 Å². The third-order valence-corrected chi connectivity index (χ3v) is 7.91. The van der Waals surface area contributed by atoms with Crippen molar-refractivity contribution >= 4 is 34.0 Å². The minimum absolute atomic E-state index is 0.113. The highest BCUT2D eigenvalue weighted by Crippen LogP contribution is 2.44. The third-order valence-electron chi connectivity index (χ3n) is 5.92. The zero-order valence-electron chi connectivity index (χ0n) is 19.1. The van der Waals surface area contributed by atoms with Crippen LogP contribution in [0.2, 0.25) is 0 Å². The van der Waals surface area contributed by atoms with E-state index in [4.69, 9.17) is 9.15 Å². The Balaban J connectivity index is 1.38. The van der Waals surface area contributed by atoms with E-state index in [0.29, 0.717) is 27.6 Å². The summed E-state index contributed by atoms with van der Waals surface area (Å²) in [6, 6.07) is 9.60. The number of thioether (sulfide) groups is 1. The Labute approximate surface area is 201 Å². The second-order valence-electron chi connectivity index (χ2n) is 9.06. The largest absolute Gasteiger partial charge is 0.497 e. The molecule has 1 aliphatic rings. The zero-order valence-corrected chi connectivity index (χ0v) is 20.7. The summed E-state index contributed by atoms with van der Waals surface area (Å²) in [6.07, 6.45) is 2.91. The van der Waals surface area contributed by atoms with Gasteiger partial charge in [0.05, 0.1) is 18.4 Å². The van der Waals surface area contributed by atoms with Crippen LogP contribution in [0.1, 0.15) is 43.2 Å². The van der Waals surface area contributed by atoms with E-state index in [9.17, 15) is 10.1 Å². The highest BCUT2D eigenvalue weighted by atomic mass is 32.2. The quantitative estimate of drug-likeness (QED) is 0.459. The van der Waals surface area contributed by atoms with Gasteiger partial charge >= 0.3 is 0 Å². The van der Waals surface area contributed by atoms with Crippen molar-refractivity contribution in [3.63, 3.8) is 0 Å². The van der Waals surface area contributed by atoms with Gasteiger partial charge < -0.3 is 14.5 Å². The van der Waals surface area contributed by atoms with E-state index >= 15 is 0 Å². The molecule has 2 heterocycles. The number of nitriles is 1. The van der Waals surface area contributed by atoms with E-state index < -0.39 is 0 Å². The van der Waals surface area contributed by atoms with Crippen LogP contribution in [0.4, 0.5) is 5.00 Å².